The molecule has 2 heterocycles. The average Bonchev–Trinajstić information content (AvgIpc) is 2.92. The lowest BCUT2D eigenvalue weighted by atomic mass is 9.84. The van der Waals surface area contributed by atoms with Gasteiger partial charge in [0.05, 0.1) is 23.8 Å². The Morgan fingerprint density at radius 2 is 1.97 bits per heavy atom. The second-order valence-corrected chi connectivity index (χ2v) is 10.3. The molecular formula is C28H34N4O4S. The molecule has 0 saturated heterocycles. The number of carbonyl (C=O) groups is 2. The van der Waals surface area contributed by atoms with Gasteiger partial charge in [-0.25, -0.2) is 9.97 Å². The Kier molecular flexibility index (Phi) is 9.33. The quantitative estimate of drug-likeness (QED) is 0.290. The summed E-state index contributed by atoms with van der Waals surface area (Å²) in [5.41, 5.74) is 1.30. The van der Waals surface area contributed by atoms with Gasteiger partial charge in [0.15, 0.2) is 0 Å². The lowest BCUT2D eigenvalue weighted by Crippen LogP contribution is -2.35. The van der Waals surface area contributed by atoms with E-state index in [1.54, 1.807) is 37.0 Å². The summed E-state index contributed by atoms with van der Waals surface area (Å²) in [6.07, 6.45) is 12.1. The van der Waals surface area contributed by atoms with Crippen molar-refractivity contribution < 1.29 is 14.3 Å². The van der Waals surface area contributed by atoms with Crippen LogP contribution in [0.2, 0.25) is 0 Å². The maximum absolute atomic E-state index is 13.5. The summed E-state index contributed by atoms with van der Waals surface area (Å²) >= 11 is 1.59. The highest BCUT2D eigenvalue weighted by Crippen LogP contribution is 2.31. The number of nitrogens with zero attached hydrogens (tertiary/aromatic N) is 3. The van der Waals surface area contributed by atoms with Crippen LogP contribution in [0.4, 0.5) is 5.82 Å². The Morgan fingerprint density at radius 1 is 1.16 bits per heavy atom. The predicted molar refractivity (Wildman–Crippen MR) is 146 cm³/mol. The number of hydrogen-bond donors (Lipinski definition) is 1. The van der Waals surface area contributed by atoms with Gasteiger partial charge in [0.2, 0.25) is 5.91 Å². The van der Waals surface area contributed by atoms with Gasteiger partial charge < -0.3 is 10.1 Å². The summed E-state index contributed by atoms with van der Waals surface area (Å²) in [6, 6.07) is 8.48. The molecule has 3 aromatic rings. The lowest BCUT2D eigenvalue weighted by molar-refractivity contribution is -0.143. The highest BCUT2D eigenvalue weighted by atomic mass is 32.2. The van der Waals surface area contributed by atoms with Gasteiger partial charge in [0.1, 0.15) is 11.9 Å². The molecule has 2 aromatic heterocycles. The van der Waals surface area contributed by atoms with E-state index in [9.17, 15) is 14.4 Å². The predicted octanol–water partition coefficient (Wildman–Crippen LogP) is 5.16. The minimum absolute atomic E-state index is 0.212. The molecule has 0 aliphatic heterocycles. The van der Waals surface area contributed by atoms with Crippen LogP contribution in [-0.2, 0) is 20.7 Å². The summed E-state index contributed by atoms with van der Waals surface area (Å²) in [4.78, 5) is 48.6. The van der Waals surface area contributed by atoms with Crippen LogP contribution in [0.1, 0.15) is 63.5 Å². The van der Waals surface area contributed by atoms with Crippen LogP contribution < -0.4 is 10.9 Å². The number of carbonyl (C=O) groups excluding carboxylic acids is 2. The Balaban J connectivity index is 1.55. The van der Waals surface area contributed by atoms with E-state index < -0.39 is 6.04 Å². The summed E-state index contributed by atoms with van der Waals surface area (Å²) < 4.78 is 6.45. The van der Waals surface area contributed by atoms with Crippen LogP contribution in [0.15, 0.2) is 52.5 Å². The molecule has 1 aliphatic rings. The number of anilines is 1. The normalized spacial score (nSPS) is 14.9. The van der Waals surface area contributed by atoms with Gasteiger partial charge in [0.25, 0.3) is 5.56 Å². The van der Waals surface area contributed by atoms with Gasteiger partial charge in [-0.15, -0.1) is 11.8 Å². The monoisotopic (exact) mass is 522 g/mol. The number of rotatable bonds is 10. The zero-order valence-electron chi connectivity index (χ0n) is 21.4. The molecule has 0 bridgehead atoms. The molecule has 0 spiro atoms. The van der Waals surface area contributed by atoms with E-state index in [1.807, 2.05) is 24.5 Å². The highest BCUT2D eigenvalue weighted by molar-refractivity contribution is 7.98. The van der Waals surface area contributed by atoms with Gasteiger partial charge in [-0.1, -0.05) is 38.2 Å². The first-order valence-corrected chi connectivity index (χ1v) is 14.2. The van der Waals surface area contributed by atoms with E-state index >= 15 is 0 Å². The number of amides is 1. The SMILES string of the molecule is CCOC(=O)CCc1ccc(NC(=O)C(CC2CCCCC2)n2cnc3cc(SC)ccc3c2=O)nc1. The Morgan fingerprint density at radius 3 is 2.68 bits per heavy atom. The molecule has 196 valence electrons. The van der Waals surface area contributed by atoms with E-state index in [2.05, 4.69) is 15.3 Å². The van der Waals surface area contributed by atoms with Crippen molar-refractivity contribution in [3.63, 3.8) is 0 Å². The minimum atomic E-state index is -0.682. The molecule has 8 nitrogen and oxygen atoms in total. The molecule has 9 heteroatoms. The second kappa shape index (κ2) is 12.9. The number of benzene rings is 1. The van der Waals surface area contributed by atoms with Crippen LogP contribution in [0.3, 0.4) is 0 Å². The first kappa shape index (κ1) is 26.9. The molecule has 1 aromatic carbocycles. The van der Waals surface area contributed by atoms with Gasteiger partial charge >= 0.3 is 5.97 Å². The largest absolute Gasteiger partial charge is 0.466 e. The zero-order chi connectivity index (χ0) is 26.2. The number of aromatic nitrogens is 3. The molecular weight excluding hydrogens is 488 g/mol. The van der Waals surface area contributed by atoms with Crippen molar-refractivity contribution in [3.05, 3.63) is 58.8 Å². The van der Waals surface area contributed by atoms with E-state index in [0.29, 0.717) is 42.1 Å². The second-order valence-electron chi connectivity index (χ2n) is 9.44. The number of thioether (sulfide) groups is 1. The fourth-order valence-electron chi connectivity index (χ4n) is 4.88. The lowest BCUT2D eigenvalue weighted by Gasteiger charge is -2.27. The summed E-state index contributed by atoms with van der Waals surface area (Å²) in [6.45, 7) is 2.14. The molecule has 1 saturated carbocycles. The molecule has 1 fully saturated rings. The smallest absolute Gasteiger partial charge is 0.306 e. The van der Waals surface area contributed by atoms with Gasteiger partial charge in [-0.3, -0.25) is 19.0 Å². The van der Waals surface area contributed by atoms with Gasteiger partial charge in [-0.2, -0.15) is 0 Å². The number of nitrogens with one attached hydrogen (secondary N) is 1. The van der Waals surface area contributed by atoms with Crippen molar-refractivity contribution in [2.24, 2.45) is 5.92 Å². The Hall–Kier alpha value is -3.20. The van der Waals surface area contributed by atoms with Crippen molar-refractivity contribution in [2.75, 3.05) is 18.2 Å². The van der Waals surface area contributed by atoms with Crippen molar-refractivity contribution in [3.8, 4) is 0 Å². The fourth-order valence-corrected chi connectivity index (χ4v) is 5.32. The van der Waals surface area contributed by atoms with Crippen molar-refractivity contribution >= 4 is 40.4 Å². The summed E-state index contributed by atoms with van der Waals surface area (Å²) in [5.74, 6) is 0.264. The third kappa shape index (κ3) is 6.97. The number of fused-ring (bicyclic) bond motifs is 1. The van der Waals surface area contributed by atoms with E-state index in [-0.39, 0.29) is 23.9 Å². The zero-order valence-corrected chi connectivity index (χ0v) is 22.3. The Labute approximate surface area is 221 Å². The van der Waals surface area contributed by atoms with Gasteiger partial charge in [0, 0.05) is 17.5 Å². The first-order valence-electron chi connectivity index (χ1n) is 12.9. The van der Waals surface area contributed by atoms with Crippen LogP contribution in [0.25, 0.3) is 10.9 Å². The van der Waals surface area contributed by atoms with Crippen molar-refractivity contribution in [2.45, 2.75) is 69.2 Å². The van der Waals surface area contributed by atoms with Crippen molar-refractivity contribution in [1.29, 1.82) is 0 Å². The fraction of sp³-hybridized carbons (Fsp3) is 0.464. The molecule has 1 unspecified atom stereocenters. The standard InChI is InChI=1S/C28H34N4O4S/c1-3-36-26(33)14-10-20-9-13-25(29-17-20)31-27(34)24(15-19-7-5-4-6-8-19)32-18-30-23-16-21(37-2)11-12-22(23)28(32)35/h9,11-13,16-19,24H,3-8,10,14-15H2,1-2H3,(H,29,31,34). The summed E-state index contributed by atoms with van der Waals surface area (Å²) in [5, 5.41) is 3.41. The number of hydrogen-bond acceptors (Lipinski definition) is 7. The average molecular weight is 523 g/mol. The van der Waals surface area contributed by atoms with Crippen LogP contribution in [0, 0.1) is 5.92 Å². The highest BCUT2D eigenvalue weighted by Gasteiger charge is 2.28. The molecule has 1 atom stereocenters. The van der Waals surface area contributed by atoms with Crippen LogP contribution >= 0.6 is 11.8 Å². The number of pyridine rings is 1. The maximum Gasteiger partial charge on any atom is 0.306 e. The topological polar surface area (TPSA) is 103 Å². The third-order valence-corrected chi connectivity index (χ3v) is 7.64. The number of aryl methyl sites for hydroxylation is 1. The number of ether oxygens (including phenoxy) is 1. The molecule has 1 N–H and O–H groups in total. The van der Waals surface area contributed by atoms with E-state index in [1.165, 1.54) is 17.3 Å². The molecule has 0 radical (unpaired) electrons. The first-order chi connectivity index (χ1) is 18.0. The molecule has 1 aliphatic carbocycles. The third-order valence-electron chi connectivity index (χ3n) is 6.91. The molecule has 37 heavy (non-hydrogen) atoms. The van der Waals surface area contributed by atoms with E-state index in [4.69, 9.17) is 4.74 Å². The van der Waals surface area contributed by atoms with Crippen LogP contribution in [0.5, 0.6) is 0 Å². The molecule has 1 amide bonds. The maximum atomic E-state index is 13.5. The van der Waals surface area contributed by atoms with E-state index in [0.717, 1.165) is 36.1 Å². The summed E-state index contributed by atoms with van der Waals surface area (Å²) in [7, 11) is 0. The van der Waals surface area contributed by atoms with Gasteiger partial charge in [-0.05, 0) is 61.8 Å². The number of esters is 1. The van der Waals surface area contributed by atoms with Crippen molar-refractivity contribution in [1.82, 2.24) is 14.5 Å². The molecule has 4 rings (SSSR count). The van der Waals surface area contributed by atoms with Crippen LogP contribution in [-0.4, -0.2) is 39.3 Å². The minimum Gasteiger partial charge on any atom is -0.466 e. The Bertz CT molecular complexity index is 1290.